The van der Waals surface area contributed by atoms with Crippen LogP contribution in [0.4, 0.5) is 4.39 Å². The van der Waals surface area contributed by atoms with Gasteiger partial charge in [0.1, 0.15) is 5.82 Å². The van der Waals surface area contributed by atoms with Gasteiger partial charge in [-0.25, -0.2) is 4.39 Å². The van der Waals surface area contributed by atoms with Crippen LogP contribution in [0.3, 0.4) is 0 Å². The summed E-state index contributed by atoms with van der Waals surface area (Å²) in [6.07, 6.45) is 4.87. The van der Waals surface area contributed by atoms with Gasteiger partial charge in [0.2, 0.25) is 5.91 Å². The van der Waals surface area contributed by atoms with E-state index in [4.69, 9.17) is 5.26 Å². The normalized spacial score (nSPS) is 34.6. The lowest BCUT2D eigenvalue weighted by molar-refractivity contribution is -0.127. The molecule has 142 valence electrons. The van der Waals surface area contributed by atoms with Gasteiger partial charge in [0.15, 0.2) is 5.37 Å². The molecule has 4 rings (SSSR count). The molecule has 1 amide bonds. The van der Waals surface area contributed by atoms with Crippen molar-refractivity contribution in [3.8, 4) is 6.07 Å². The lowest BCUT2D eigenvalue weighted by Gasteiger charge is -2.26. The maximum Gasteiger partial charge on any atom is 0.242 e. The van der Waals surface area contributed by atoms with Gasteiger partial charge in [-0.3, -0.25) is 9.69 Å². The van der Waals surface area contributed by atoms with E-state index in [9.17, 15) is 14.3 Å². The van der Waals surface area contributed by atoms with Crippen molar-refractivity contribution in [2.45, 2.75) is 42.7 Å². The second kappa shape index (κ2) is 7.27. The van der Waals surface area contributed by atoms with Crippen molar-refractivity contribution >= 4 is 17.7 Å². The highest BCUT2D eigenvalue weighted by Gasteiger charge is 2.49. The summed E-state index contributed by atoms with van der Waals surface area (Å²) in [6, 6.07) is 8.52. The van der Waals surface area contributed by atoms with E-state index >= 15 is 0 Å². The average Bonchev–Trinajstić information content (AvgIpc) is 3.33. The Morgan fingerprint density at radius 1 is 1.33 bits per heavy atom. The summed E-state index contributed by atoms with van der Waals surface area (Å²) >= 11 is 1.33. The first-order valence-electron chi connectivity index (χ1n) is 9.23. The smallest absolute Gasteiger partial charge is 0.242 e. The Morgan fingerprint density at radius 2 is 2.00 bits per heavy atom. The number of thioether (sulfide) groups is 1. The third-order valence-corrected chi connectivity index (χ3v) is 6.91. The molecule has 27 heavy (non-hydrogen) atoms. The first kappa shape index (κ1) is 18.5. The summed E-state index contributed by atoms with van der Waals surface area (Å²) in [5, 5.41) is 24.7. The largest absolute Gasteiger partial charge is 0.385 e. The predicted octanol–water partition coefficient (Wildman–Crippen LogP) is 2.69. The molecule has 0 aromatic heterocycles. The van der Waals surface area contributed by atoms with Gasteiger partial charge in [0.25, 0.3) is 0 Å². The number of hydrogen-bond acceptors (Lipinski definition) is 5. The zero-order chi connectivity index (χ0) is 19.0. The average molecular weight is 387 g/mol. The van der Waals surface area contributed by atoms with Gasteiger partial charge in [-0.2, -0.15) is 5.26 Å². The first-order chi connectivity index (χ1) is 13.0. The molecule has 2 saturated carbocycles. The zero-order valence-electron chi connectivity index (χ0n) is 14.8. The monoisotopic (exact) mass is 387 g/mol. The van der Waals surface area contributed by atoms with Gasteiger partial charge in [0.05, 0.1) is 18.2 Å². The molecule has 2 aliphatic carbocycles. The second-order valence-electron chi connectivity index (χ2n) is 7.72. The van der Waals surface area contributed by atoms with Crippen LogP contribution in [0.25, 0.3) is 0 Å². The fourth-order valence-electron chi connectivity index (χ4n) is 4.77. The summed E-state index contributed by atoms with van der Waals surface area (Å²) in [5.74, 6) is 0.422. The van der Waals surface area contributed by atoms with E-state index in [1.807, 2.05) is 0 Å². The number of fused-ring (bicyclic) bond motifs is 1. The number of carbonyl (C=O) groups is 1. The molecule has 0 bridgehead atoms. The Morgan fingerprint density at radius 3 is 2.63 bits per heavy atom. The van der Waals surface area contributed by atoms with Crippen molar-refractivity contribution < 1.29 is 14.3 Å². The molecule has 1 heterocycles. The lowest BCUT2D eigenvalue weighted by atomic mass is 9.89. The van der Waals surface area contributed by atoms with Crippen LogP contribution in [0.2, 0.25) is 0 Å². The molecule has 1 aliphatic heterocycles. The third-order valence-electron chi connectivity index (χ3n) is 6.04. The molecule has 7 heteroatoms. The molecular weight excluding hydrogens is 365 g/mol. The van der Waals surface area contributed by atoms with E-state index in [0.717, 1.165) is 18.4 Å². The van der Waals surface area contributed by atoms with Crippen LogP contribution in [0.5, 0.6) is 0 Å². The number of halogens is 1. The fourth-order valence-corrected chi connectivity index (χ4v) is 5.50. The number of aliphatic hydroxyl groups is 1. The molecule has 3 aliphatic rings. The Hall–Kier alpha value is -1.88. The highest BCUT2D eigenvalue weighted by Crippen LogP contribution is 2.52. The van der Waals surface area contributed by atoms with Gasteiger partial charge in [0, 0.05) is 12.2 Å². The minimum absolute atomic E-state index is 0.0947. The van der Waals surface area contributed by atoms with E-state index in [1.54, 1.807) is 23.7 Å². The number of rotatable bonds is 4. The van der Waals surface area contributed by atoms with Crippen molar-refractivity contribution in [1.29, 1.82) is 5.26 Å². The predicted molar refractivity (Wildman–Crippen MR) is 101 cm³/mol. The van der Waals surface area contributed by atoms with E-state index < -0.39 is 11.0 Å². The second-order valence-corrected chi connectivity index (χ2v) is 8.71. The molecule has 5 nitrogen and oxygen atoms in total. The maximum absolute atomic E-state index is 13.1. The number of carbonyl (C=O) groups excluding carboxylic acids is 1. The Kier molecular flexibility index (Phi) is 4.97. The van der Waals surface area contributed by atoms with Crippen molar-refractivity contribution in [3.63, 3.8) is 0 Å². The highest BCUT2D eigenvalue weighted by molar-refractivity contribution is 8.03. The van der Waals surface area contributed by atoms with Gasteiger partial charge in [-0.15, -0.1) is 0 Å². The number of nitrogens with zero attached hydrogens (tertiary/aromatic N) is 2. The standard InChI is InChI=1S/C20H22FN3O2S/c21-16-3-1-15(2-4-16)20(26)9-13-7-17(8-14(13)10-20)23-12-18(25)24-5-6-27-19(24)11-22/h1-6,13-14,17,19,23,26H,7-10,12H2. The van der Waals surface area contributed by atoms with Crippen LogP contribution in [0.1, 0.15) is 31.2 Å². The van der Waals surface area contributed by atoms with Gasteiger partial charge in [-0.05, 0) is 60.6 Å². The van der Waals surface area contributed by atoms with Crippen LogP contribution in [0, 0.1) is 29.0 Å². The topological polar surface area (TPSA) is 76.4 Å². The van der Waals surface area contributed by atoms with E-state index in [0.29, 0.717) is 24.7 Å². The van der Waals surface area contributed by atoms with Crippen molar-refractivity contribution in [2.75, 3.05) is 6.54 Å². The Balaban J connectivity index is 1.30. The molecular formula is C20H22FN3O2S. The molecule has 0 radical (unpaired) electrons. The van der Waals surface area contributed by atoms with Crippen LogP contribution in [-0.2, 0) is 10.4 Å². The number of benzene rings is 1. The Bertz CT molecular complexity index is 777. The molecule has 3 unspecified atom stereocenters. The minimum Gasteiger partial charge on any atom is -0.385 e. The molecule has 1 aromatic rings. The minimum atomic E-state index is -0.874. The van der Waals surface area contributed by atoms with Gasteiger partial charge < -0.3 is 10.4 Å². The van der Waals surface area contributed by atoms with Crippen LogP contribution in [-0.4, -0.2) is 33.9 Å². The number of nitrogens with one attached hydrogen (secondary N) is 1. The fraction of sp³-hybridized carbons (Fsp3) is 0.500. The third kappa shape index (κ3) is 3.62. The van der Waals surface area contributed by atoms with Crippen molar-refractivity contribution in [1.82, 2.24) is 10.2 Å². The van der Waals surface area contributed by atoms with Crippen LogP contribution < -0.4 is 5.32 Å². The quantitative estimate of drug-likeness (QED) is 0.831. The maximum atomic E-state index is 13.1. The molecule has 0 spiro atoms. The molecule has 3 atom stereocenters. The Labute approximate surface area is 162 Å². The summed E-state index contributed by atoms with van der Waals surface area (Å²) in [5.41, 5.74) is -0.0830. The van der Waals surface area contributed by atoms with E-state index in [-0.39, 0.29) is 24.3 Å². The SMILES string of the molecule is N#CC1SC=CN1C(=O)CNC1CC2CC(O)(c3ccc(F)cc3)CC2C1. The van der Waals surface area contributed by atoms with Crippen molar-refractivity contribution in [2.24, 2.45) is 11.8 Å². The zero-order valence-corrected chi connectivity index (χ0v) is 15.7. The first-order valence-corrected chi connectivity index (χ1v) is 10.2. The molecule has 1 aromatic carbocycles. The molecule has 2 fully saturated rings. The van der Waals surface area contributed by atoms with Crippen LogP contribution in [0.15, 0.2) is 35.9 Å². The van der Waals surface area contributed by atoms with E-state index in [1.165, 1.54) is 28.8 Å². The number of amides is 1. The lowest BCUT2D eigenvalue weighted by Crippen LogP contribution is -2.41. The van der Waals surface area contributed by atoms with Gasteiger partial charge >= 0.3 is 0 Å². The van der Waals surface area contributed by atoms with Gasteiger partial charge in [-0.1, -0.05) is 23.9 Å². The molecule has 0 saturated heterocycles. The summed E-state index contributed by atoms with van der Waals surface area (Å²) in [4.78, 5) is 13.8. The highest BCUT2D eigenvalue weighted by atomic mass is 32.2. The van der Waals surface area contributed by atoms with Crippen molar-refractivity contribution in [3.05, 3.63) is 47.3 Å². The van der Waals surface area contributed by atoms with E-state index in [2.05, 4.69) is 11.4 Å². The molecule has 2 N–H and O–H groups in total. The van der Waals surface area contributed by atoms with Crippen LogP contribution >= 0.6 is 11.8 Å². The summed E-state index contributed by atoms with van der Waals surface area (Å²) in [7, 11) is 0. The summed E-state index contributed by atoms with van der Waals surface area (Å²) in [6.45, 7) is 0.218. The number of hydrogen-bond donors (Lipinski definition) is 2. The number of nitriles is 1. The summed E-state index contributed by atoms with van der Waals surface area (Å²) < 4.78 is 13.1.